The lowest BCUT2D eigenvalue weighted by Crippen LogP contribution is -2.58. The Morgan fingerprint density at radius 2 is 1.94 bits per heavy atom. The number of carboxylic acid groups (broad SMARTS) is 1. The van der Waals surface area contributed by atoms with Crippen molar-refractivity contribution >= 4 is 5.97 Å². The zero-order valence-electron chi connectivity index (χ0n) is 10.3. The maximum atomic E-state index is 11.3. The number of nitrogens with zero attached hydrogens (tertiary/aromatic N) is 1. The van der Waals surface area contributed by atoms with Gasteiger partial charge in [-0.25, -0.2) is 0 Å². The van der Waals surface area contributed by atoms with Crippen LogP contribution in [0.1, 0.15) is 11.1 Å². The van der Waals surface area contributed by atoms with Crippen molar-refractivity contribution < 1.29 is 9.90 Å². The molecule has 1 heterocycles. The standard InChI is InChI=1S/C14H18N2O2/c17-14(18)13-9-15-5-6-16(13)12-7-10-3-1-2-4-11(10)8-12/h1-4,12-13,15H,5-9H2,(H,17,18). The second kappa shape index (κ2) is 4.71. The van der Waals surface area contributed by atoms with Crippen molar-refractivity contribution in [3.05, 3.63) is 35.4 Å². The first-order chi connectivity index (χ1) is 8.75. The molecule has 4 nitrogen and oxygen atoms in total. The Morgan fingerprint density at radius 3 is 2.56 bits per heavy atom. The third-order valence-corrected chi connectivity index (χ3v) is 4.07. The molecule has 18 heavy (non-hydrogen) atoms. The van der Waals surface area contributed by atoms with Crippen molar-refractivity contribution in [1.29, 1.82) is 0 Å². The molecule has 1 aliphatic carbocycles. The number of carboxylic acids is 1. The van der Waals surface area contributed by atoms with Gasteiger partial charge in [0.2, 0.25) is 0 Å². The molecule has 3 rings (SSSR count). The summed E-state index contributed by atoms with van der Waals surface area (Å²) in [7, 11) is 0. The van der Waals surface area contributed by atoms with Crippen molar-refractivity contribution in [3.63, 3.8) is 0 Å². The quantitative estimate of drug-likeness (QED) is 0.798. The summed E-state index contributed by atoms with van der Waals surface area (Å²) in [6.45, 7) is 2.27. The molecule has 1 unspecified atom stereocenters. The fourth-order valence-corrected chi connectivity index (χ4v) is 3.16. The second-order valence-electron chi connectivity index (χ2n) is 5.13. The lowest BCUT2D eigenvalue weighted by Gasteiger charge is -2.37. The van der Waals surface area contributed by atoms with E-state index in [2.05, 4.69) is 34.5 Å². The van der Waals surface area contributed by atoms with Gasteiger partial charge in [-0.3, -0.25) is 9.69 Å². The zero-order chi connectivity index (χ0) is 12.5. The number of hydrogen-bond donors (Lipinski definition) is 2. The summed E-state index contributed by atoms with van der Waals surface area (Å²) in [5.41, 5.74) is 2.76. The molecule has 1 aliphatic heterocycles. The summed E-state index contributed by atoms with van der Waals surface area (Å²) >= 11 is 0. The van der Waals surface area contributed by atoms with Crippen LogP contribution in [0.3, 0.4) is 0 Å². The molecule has 1 atom stereocenters. The molecule has 0 amide bonds. The first-order valence-corrected chi connectivity index (χ1v) is 6.52. The van der Waals surface area contributed by atoms with Crippen molar-refractivity contribution in [2.45, 2.75) is 24.9 Å². The van der Waals surface area contributed by atoms with Crippen LogP contribution in [0.15, 0.2) is 24.3 Å². The molecule has 0 radical (unpaired) electrons. The number of aliphatic carboxylic acids is 1. The van der Waals surface area contributed by atoms with Gasteiger partial charge in [0.1, 0.15) is 6.04 Å². The number of benzene rings is 1. The minimum Gasteiger partial charge on any atom is -0.480 e. The van der Waals surface area contributed by atoms with Gasteiger partial charge >= 0.3 is 5.97 Å². The number of rotatable bonds is 2. The molecule has 0 spiro atoms. The number of piperazine rings is 1. The summed E-state index contributed by atoms with van der Waals surface area (Å²) in [5.74, 6) is -0.710. The maximum Gasteiger partial charge on any atom is 0.322 e. The third-order valence-electron chi connectivity index (χ3n) is 4.07. The van der Waals surface area contributed by atoms with Gasteiger partial charge in [-0.1, -0.05) is 24.3 Å². The van der Waals surface area contributed by atoms with Crippen LogP contribution >= 0.6 is 0 Å². The van der Waals surface area contributed by atoms with Gasteiger partial charge in [0.05, 0.1) is 0 Å². The van der Waals surface area contributed by atoms with Crippen LogP contribution < -0.4 is 5.32 Å². The lowest BCUT2D eigenvalue weighted by atomic mass is 10.1. The summed E-state index contributed by atoms with van der Waals surface area (Å²) in [5, 5.41) is 12.5. The molecule has 96 valence electrons. The van der Waals surface area contributed by atoms with Gasteiger partial charge in [0.15, 0.2) is 0 Å². The molecule has 1 fully saturated rings. The lowest BCUT2D eigenvalue weighted by molar-refractivity contribution is -0.145. The van der Waals surface area contributed by atoms with Crippen molar-refractivity contribution in [2.24, 2.45) is 0 Å². The third kappa shape index (κ3) is 2.02. The van der Waals surface area contributed by atoms with E-state index in [1.807, 2.05) is 0 Å². The van der Waals surface area contributed by atoms with Crippen LogP contribution in [0.25, 0.3) is 0 Å². The van der Waals surface area contributed by atoms with Crippen LogP contribution in [0.5, 0.6) is 0 Å². The Bertz CT molecular complexity index is 436. The fourth-order valence-electron chi connectivity index (χ4n) is 3.16. The Hall–Kier alpha value is -1.39. The monoisotopic (exact) mass is 246 g/mol. The van der Waals surface area contributed by atoms with E-state index in [0.29, 0.717) is 12.6 Å². The summed E-state index contributed by atoms with van der Waals surface area (Å²) < 4.78 is 0. The van der Waals surface area contributed by atoms with Gasteiger partial charge in [0, 0.05) is 25.7 Å². The van der Waals surface area contributed by atoms with Gasteiger partial charge in [-0.05, 0) is 24.0 Å². The van der Waals surface area contributed by atoms with Crippen LogP contribution in [0.2, 0.25) is 0 Å². The molecular weight excluding hydrogens is 228 g/mol. The molecule has 0 aromatic heterocycles. The molecule has 4 heteroatoms. The van der Waals surface area contributed by atoms with Crippen LogP contribution in [-0.2, 0) is 17.6 Å². The minimum absolute atomic E-state index is 0.352. The van der Waals surface area contributed by atoms with E-state index in [1.165, 1.54) is 11.1 Å². The van der Waals surface area contributed by atoms with E-state index < -0.39 is 5.97 Å². The Morgan fingerprint density at radius 1 is 1.28 bits per heavy atom. The predicted octanol–water partition coefficient (Wildman–Crippen LogP) is 0.512. The first kappa shape index (κ1) is 11.7. The van der Waals surface area contributed by atoms with Gasteiger partial charge in [-0.15, -0.1) is 0 Å². The normalized spacial score (nSPS) is 25.0. The number of carbonyl (C=O) groups is 1. The van der Waals surface area contributed by atoms with Crippen LogP contribution in [0.4, 0.5) is 0 Å². The van der Waals surface area contributed by atoms with E-state index in [1.54, 1.807) is 0 Å². The van der Waals surface area contributed by atoms with E-state index in [-0.39, 0.29) is 6.04 Å². The average molecular weight is 246 g/mol. The van der Waals surface area contributed by atoms with E-state index in [9.17, 15) is 9.90 Å². The van der Waals surface area contributed by atoms with Gasteiger partial charge < -0.3 is 10.4 Å². The fraction of sp³-hybridized carbons (Fsp3) is 0.500. The molecule has 2 N–H and O–H groups in total. The highest BCUT2D eigenvalue weighted by Crippen LogP contribution is 2.27. The Kier molecular flexibility index (Phi) is 3.06. The summed E-state index contributed by atoms with van der Waals surface area (Å²) in [4.78, 5) is 13.5. The van der Waals surface area contributed by atoms with Crippen molar-refractivity contribution in [2.75, 3.05) is 19.6 Å². The molecule has 1 aromatic carbocycles. The largest absolute Gasteiger partial charge is 0.480 e. The zero-order valence-corrected chi connectivity index (χ0v) is 10.3. The molecular formula is C14H18N2O2. The molecule has 1 aromatic rings. The Labute approximate surface area is 107 Å². The molecule has 1 saturated heterocycles. The summed E-state index contributed by atoms with van der Waals surface area (Å²) in [6.07, 6.45) is 1.97. The van der Waals surface area contributed by atoms with Gasteiger partial charge in [-0.2, -0.15) is 0 Å². The number of nitrogens with one attached hydrogen (secondary N) is 1. The minimum atomic E-state index is -0.710. The molecule has 0 saturated carbocycles. The van der Waals surface area contributed by atoms with Crippen LogP contribution in [0, 0.1) is 0 Å². The van der Waals surface area contributed by atoms with Crippen LogP contribution in [-0.4, -0.2) is 47.7 Å². The van der Waals surface area contributed by atoms with E-state index in [0.717, 1.165) is 25.9 Å². The second-order valence-corrected chi connectivity index (χ2v) is 5.13. The van der Waals surface area contributed by atoms with E-state index >= 15 is 0 Å². The number of fused-ring (bicyclic) bond motifs is 1. The summed E-state index contributed by atoms with van der Waals surface area (Å²) in [6, 6.07) is 8.42. The predicted molar refractivity (Wildman–Crippen MR) is 68.6 cm³/mol. The first-order valence-electron chi connectivity index (χ1n) is 6.52. The maximum absolute atomic E-state index is 11.3. The van der Waals surface area contributed by atoms with E-state index in [4.69, 9.17) is 0 Å². The SMILES string of the molecule is O=C(O)C1CNCCN1C1Cc2ccccc2C1. The highest BCUT2D eigenvalue weighted by atomic mass is 16.4. The molecule has 0 bridgehead atoms. The molecule has 2 aliphatic rings. The Balaban J connectivity index is 1.78. The highest BCUT2D eigenvalue weighted by Gasteiger charge is 2.36. The van der Waals surface area contributed by atoms with Gasteiger partial charge in [0.25, 0.3) is 0 Å². The average Bonchev–Trinajstić information content (AvgIpc) is 2.82. The highest BCUT2D eigenvalue weighted by molar-refractivity contribution is 5.74. The topological polar surface area (TPSA) is 52.6 Å². The number of hydrogen-bond acceptors (Lipinski definition) is 3. The smallest absolute Gasteiger partial charge is 0.322 e. The van der Waals surface area contributed by atoms with Crippen molar-refractivity contribution in [1.82, 2.24) is 10.2 Å². The van der Waals surface area contributed by atoms with Crippen molar-refractivity contribution in [3.8, 4) is 0 Å².